The fourth-order valence-electron chi connectivity index (χ4n) is 3.11. The van der Waals surface area contributed by atoms with E-state index in [1.54, 1.807) is 18.4 Å². The van der Waals surface area contributed by atoms with Gasteiger partial charge in [0.25, 0.3) is 0 Å². The van der Waals surface area contributed by atoms with Crippen molar-refractivity contribution in [3.8, 4) is 17.0 Å². The molecule has 1 unspecified atom stereocenters. The van der Waals surface area contributed by atoms with Crippen LogP contribution in [0, 0.1) is 0 Å². The van der Waals surface area contributed by atoms with E-state index in [0.717, 1.165) is 53.8 Å². The third-order valence-corrected chi connectivity index (χ3v) is 5.13. The number of rotatable bonds is 5. The third-order valence-electron chi connectivity index (χ3n) is 4.30. The number of aromatic nitrogens is 3. The van der Waals surface area contributed by atoms with E-state index < -0.39 is 0 Å². The predicted molar refractivity (Wildman–Crippen MR) is 90.8 cm³/mol. The van der Waals surface area contributed by atoms with Crippen molar-refractivity contribution in [3.05, 3.63) is 46.9 Å². The highest BCUT2D eigenvalue weighted by Gasteiger charge is 2.29. The molecule has 7 heteroatoms. The molecule has 0 N–H and O–H groups in total. The van der Waals surface area contributed by atoms with Crippen LogP contribution in [-0.4, -0.2) is 33.7 Å². The summed E-state index contributed by atoms with van der Waals surface area (Å²) in [5, 5.41) is 7.20. The molecule has 124 valence electrons. The lowest BCUT2D eigenvalue weighted by molar-refractivity contribution is 0.234. The predicted octanol–water partition coefficient (Wildman–Crippen LogP) is 3.54. The van der Waals surface area contributed by atoms with Gasteiger partial charge < -0.3 is 9.26 Å². The van der Waals surface area contributed by atoms with Crippen LogP contribution in [0.3, 0.4) is 0 Å². The van der Waals surface area contributed by atoms with Crippen LogP contribution in [0.5, 0.6) is 5.75 Å². The minimum absolute atomic E-state index is 0.230. The molecule has 6 nitrogen and oxygen atoms in total. The summed E-state index contributed by atoms with van der Waals surface area (Å²) >= 11 is 1.69. The Kier molecular flexibility index (Phi) is 4.27. The second-order valence-electron chi connectivity index (χ2n) is 5.78. The van der Waals surface area contributed by atoms with Crippen molar-refractivity contribution in [3.63, 3.8) is 0 Å². The Hall–Kier alpha value is -2.25. The van der Waals surface area contributed by atoms with Gasteiger partial charge in [-0.25, -0.2) is 4.98 Å². The van der Waals surface area contributed by atoms with E-state index in [2.05, 4.69) is 26.5 Å². The molecule has 1 atom stereocenters. The lowest BCUT2D eigenvalue weighted by Crippen LogP contribution is -2.23. The van der Waals surface area contributed by atoms with Crippen LogP contribution in [0.25, 0.3) is 11.3 Å². The van der Waals surface area contributed by atoms with Crippen molar-refractivity contribution >= 4 is 11.3 Å². The zero-order valence-electron chi connectivity index (χ0n) is 13.4. The summed E-state index contributed by atoms with van der Waals surface area (Å²) < 4.78 is 10.2. The van der Waals surface area contributed by atoms with Crippen molar-refractivity contribution < 1.29 is 9.26 Å². The van der Waals surface area contributed by atoms with Gasteiger partial charge in [0, 0.05) is 10.9 Å². The standard InChI is InChI=1S/C17H18N4O2S/c1-22-13-5-2-4-12(8-13)14-10-24-16(19-14)9-21-7-3-6-15(21)17-18-11-23-20-17/h2,4-5,8,10-11,15H,3,6-7,9H2,1H3. The van der Waals surface area contributed by atoms with Gasteiger partial charge in [-0.05, 0) is 31.5 Å². The summed E-state index contributed by atoms with van der Waals surface area (Å²) in [6.45, 7) is 1.85. The van der Waals surface area contributed by atoms with Gasteiger partial charge in [-0.2, -0.15) is 4.98 Å². The van der Waals surface area contributed by atoms with E-state index in [-0.39, 0.29) is 6.04 Å². The number of nitrogens with zero attached hydrogens (tertiary/aromatic N) is 4. The zero-order valence-corrected chi connectivity index (χ0v) is 14.2. The van der Waals surface area contributed by atoms with Crippen molar-refractivity contribution in [1.82, 2.24) is 20.0 Å². The first-order valence-electron chi connectivity index (χ1n) is 7.92. The number of hydrogen-bond donors (Lipinski definition) is 0. The van der Waals surface area contributed by atoms with Gasteiger partial charge in [0.15, 0.2) is 5.82 Å². The molecule has 0 aliphatic carbocycles. The Balaban J connectivity index is 1.51. The summed E-state index contributed by atoms with van der Waals surface area (Å²) in [4.78, 5) is 11.4. The molecule has 24 heavy (non-hydrogen) atoms. The minimum atomic E-state index is 0.230. The molecule has 1 aliphatic rings. The van der Waals surface area contributed by atoms with Crippen LogP contribution in [0.4, 0.5) is 0 Å². The van der Waals surface area contributed by atoms with Crippen molar-refractivity contribution in [2.75, 3.05) is 13.7 Å². The normalized spacial score (nSPS) is 18.1. The Morgan fingerprint density at radius 1 is 1.42 bits per heavy atom. The Morgan fingerprint density at radius 2 is 2.38 bits per heavy atom. The molecule has 1 saturated heterocycles. The molecule has 0 spiro atoms. The molecule has 0 saturated carbocycles. The topological polar surface area (TPSA) is 64.3 Å². The van der Waals surface area contributed by atoms with E-state index in [0.29, 0.717) is 0 Å². The highest BCUT2D eigenvalue weighted by atomic mass is 32.1. The molecular weight excluding hydrogens is 324 g/mol. The first kappa shape index (κ1) is 15.3. The van der Waals surface area contributed by atoms with Gasteiger partial charge in [0.2, 0.25) is 6.39 Å². The van der Waals surface area contributed by atoms with Crippen LogP contribution in [0.1, 0.15) is 29.7 Å². The van der Waals surface area contributed by atoms with E-state index in [9.17, 15) is 0 Å². The van der Waals surface area contributed by atoms with Crippen molar-refractivity contribution in [2.24, 2.45) is 0 Å². The molecule has 1 aliphatic heterocycles. The maximum absolute atomic E-state index is 5.29. The average molecular weight is 342 g/mol. The number of hydrogen-bond acceptors (Lipinski definition) is 7. The zero-order chi connectivity index (χ0) is 16.4. The maximum Gasteiger partial charge on any atom is 0.213 e. The number of ether oxygens (including phenoxy) is 1. The first-order chi connectivity index (χ1) is 11.8. The summed E-state index contributed by atoms with van der Waals surface area (Å²) in [7, 11) is 1.68. The van der Waals surface area contributed by atoms with Gasteiger partial charge in [0.05, 0.1) is 25.4 Å². The summed E-state index contributed by atoms with van der Waals surface area (Å²) in [5.74, 6) is 1.62. The lowest BCUT2D eigenvalue weighted by Gasteiger charge is -2.20. The average Bonchev–Trinajstić information content (AvgIpc) is 3.36. The van der Waals surface area contributed by atoms with Crippen LogP contribution in [0.2, 0.25) is 0 Å². The highest BCUT2D eigenvalue weighted by Crippen LogP contribution is 2.32. The van der Waals surface area contributed by atoms with Crippen LogP contribution in [0.15, 0.2) is 40.6 Å². The molecule has 1 aromatic carbocycles. The number of likely N-dealkylation sites (tertiary alicyclic amines) is 1. The number of thiazole rings is 1. The van der Waals surface area contributed by atoms with Crippen molar-refractivity contribution in [1.29, 1.82) is 0 Å². The van der Waals surface area contributed by atoms with Gasteiger partial charge in [-0.3, -0.25) is 4.90 Å². The molecule has 4 rings (SSSR count). The first-order valence-corrected chi connectivity index (χ1v) is 8.80. The fourth-order valence-corrected chi connectivity index (χ4v) is 3.93. The molecule has 3 heterocycles. The quantitative estimate of drug-likeness (QED) is 0.707. The van der Waals surface area contributed by atoms with E-state index in [4.69, 9.17) is 14.2 Å². The minimum Gasteiger partial charge on any atom is -0.497 e. The monoisotopic (exact) mass is 342 g/mol. The lowest BCUT2D eigenvalue weighted by atomic mass is 10.2. The third kappa shape index (κ3) is 3.05. The molecule has 0 amide bonds. The largest absolute Gasteiger partial charge is 0.497 e. The van der Waals surface area contributed by atoms with E-state index in [1.165, 1.54) is 6.39 Å². The van der Waals surface area contributed by atoms with Gasteiger partial charge >= 0.3 is 0 Å². The molecule has 0 radical (unpaired) electrons. The number of benzene rings is 1. The summed E-state index contributed by atoms with van der Waals surface area (Å²) in [6, 6.07) is 8.22. The Morgan fingerprint density at radius 3 is 3.21 bits per heavy atom. The second-order valence-corrected chi connectivity index (χ2v) is 6.72. The Labute approximate surface area is 144 Å². The molecule has 3 aromatic rings. The maximum atomic E-state index is 5.29. The van der Waals surface area contributed by atoms with Crippen LogP contribution >= 0.6 is 11.3 Å². The smallest absolute Gasteiger partial charge is 0.213 e. The van der Waals surface area contributed by atoms with E-state index in [1.807, 2.05) is 18.2 Å². The molecule has 0 bridgehead atoms. The highest BCUT2D eigenvalue weighted by molar-refractivity contribution is 7.09. The number of methoxy groups -OCH3 is 1. The fraction of sp³-hybridized carbons (Fsp3) is 0.353. The molecular formula is C17H18N4O2S. The molecule has 2 aromatic heterocycles. The van der Waals surface area contributed by atoms with Gasteiger partial charge in [0.1, 0.15) is 10.8 Å². The van der Waals surface area contributed by atoms with E-state index >= 15 is 0 Å². The van der Waals surface area contributed by atoms with Gasteiger partial charge in [-0.15, -0.1) is 11.3 Å². The summed E-state index contributed by atoms with van der Waals surface area (Å²) in [5.41, 5.74) is 2.07. The van der Waals surface area contributed by atoms with Crippen LogP contribution in [-0.2, 0) is 6.54 Å². The summed E-state index contributed by atoms with van der Waals surface area (Å²) in [6.07, 6.45) is 3.61. The Bertz CT molecular complexity index is 803. The second kappa shape index (κ2) is 6.70. The van der Waals surface area contributed by atoms with Crippen molar-refractivity contribution in [2.45, 2.75) is 25.4 Å². The van der Waals surface area contributed by atoms with Crippen LogP contribution < -0.4 is 4.74 Å². The SMILES string of the molecule is COc1cccc(-c2csc(CN3CCCC3c3ncon3)n2)c1. The molecule has 1 fully saturated rings. The van der Waals surface area contributed by atoms with Gasteiger partial charge in [-0.1, -0.05) is 17.3 Å².